The molecule has 0 aromatic heterocycles. The van der Waals surface area contributed by atoms with Crippen molar-refractivity contribution < 1.29 is 4.74 Å². The van der Waals surface area contributed by atoms with Gasteiger partial charge in [0.1, 0.15) is 4.49 Å². The molecular formula is C10H16Cl3NOS. The minimum Gasteiger partial charge on any atom is -0.447 e. The number of ether oxygens (including phenoxy) is 1. The van der Waals surface area contributed by atoms with Crippen LogP contribution in [0.4, 0.5) is 0 Å². The second-order valence-corrected chi connectivity index (χ2v) is 5.57. The normalized spacial score (nSPS) is 12.6. The fraction of sp³-hybridized carbons (Fsp3) is 0.700. The van der Waals surface area contributed by atoms with Crippen molar-refractivity contribution in [3.63, 3.8) is 0 Å². The minimum absolute atomic E-state index is 0.0587. The van der Waals surface area contributed by atoms with Crippen LogP contribution in [0.25, 0.3) is 0 Å². The zero-order valence-electron chi connectivity index (χ0n) is 9.71. The average molecular weight is 305 g/mol. The van der Waals surface area contributed by atoms with Crippen molar-refractivity contribution in [1.82, 2.24) is 4.90 Å². The lowest BCUT2D eigenvalue weighted by molar-refractivity contribution is 0.196. The van der Waals surface area contributed by atoms with Crippen LogP contribution in [-0.4, -0.2) is 27.7 Å². The van der Waals surface area contributed by atoms with E-state index in [1.54, 1.807) is 0 Å². The van der Waals surface area contributed by atoms with Crippen molar-refractivity contribution >= 4 is 52.2 Å². The molecule has 0 aliphatic rings. The topological polar surface area (TPSA) is 12.5 Å². The van der Waals surface area contributed by atoms with Gasteiger partial charge < -0.3 is 9.64 Å². The Bertz CT molecular complexity index is 257. The molecule has 1 unspecified atom stereocenters. The predicted molar refractivity (Wildman–Crippen MR) is 75.2 cm³/mol. The Morgan fingerprint density at radius 1 is 1.19 bits per heavy atom. The van der Waals surface area contributed by atoms with Gasteiger partial charge in [0.25, 0.3) is 5.17 Å². The van der Waals surface area contributed by atoms with E-state index in [1.165, 1.54) is 6.08 Å². The summed E-state index contributed by atoms with van der Waals surface area (Å²) in [6.07, 6.45) is 1.37. The summed E-state index contributed by atoms with van der Waals surface area (Å²) < 4.78 is 5.38. The summed E-state index contributed by atoms with van der Waals surface area (Å²) in [5, 5.41) is 0.343. The Morgan fingerprint density at radius 3 is 1.94 bits per heavy atom. The third kappa shape index (κ3) is 6.14. The molecule has 0 spiro atoms. The molecule has 0 aromatic carbocycles. The summed E-state index contributed by atoms with van der Waals surface area (Å²) >= 11 is 21.9. The Hall–Kier alpha value is 0.300. The van der Waals surface area contributed by atoms with Crippen LogP contribution in [0, 0.1) is 0 Å². The van der Waals surface area contributed by atoms with Crippen LogP contribution in [-0.2, 0) is 4.74 Å². The first-order valence-corrected chi connectivity index (χ1v) is 6.51. The molecule has 6 heteroatoms. The maximum Gasteiger partial charge on any atom is 0.261 e. The monoisotopic (exact) mass is 303 g/mol. The number of hydrogen-bond acceptors (Lipinski definition) is 2. The smallest absolute Gasteiger partial charge is 0.261 e. The van der Waals surface area contributed by atoms with E-state index in [9.17, 15) is 0 Å². The van der Waals surface area contributed by atoms with Crippen LogP contribution >= 0.6 is 47.0 Å². The first-order valence-electron chi connectivity index (χ1n) is 4.91. The molecule has 0 amide bonds. The summed E-state index contributed by atoms with van der Waals surface area (Å²) in [4.78, 5) is 1.95. The molecule has 0 heterocycles. The maximum atomic E-state index is 5.84. The standard InChI is InChI=1S/C10H16Cl3NOS/c1-6(2)14(7(3)4)10(16)15-9(13)5-8(11)12/h5-7,9H,1-4H3. The van der Waals surface area contributed by atoms with Crippen LogP contribution in [0.3, 0.4) is 0 Å². The van der Waals surface area contributed by atoms with Gasteiger partial charge in [-0.15, -0.1) is 0 Å². The molecule has 16 heavy (non-hydrogen) atoms. The number of alkyl halides is 1. The number of thiocarbonyl (C=S) groups is 1. The quantitative estimate of drug-likeness (QED) is 0.568. The number of nitrogens with zero attached hydrogens (tertiary/aromatic N) is 1. The van der Waals surface area contributed by atoms with Gasteiger partial charge in [0.2, 0.25) is 0 Å². The van der Waals surface area contributed by atoms with Gasteiger partial charge in [0.05, 0.1) is 0 Å². The Kier molecular flexibility index (Phi) is 7.73. The third-order valence-electron chi connectivity index (χ3n) is 1.79. The summed E-state index contributed by atoms with van der Waals surface area (Å²) in [6, 6.07) is 0.485. The molecule has 0 rings (SSSR count). The van der Waals surface area contributed by atoms with E-state index in [4.69, 9.17) is 51.8 Å². The van der Waals surface area contributed by atoms with Crippen molar-refractivity contribution in [3.05, 3.63) is 10.6 Å². The Morgan fingerprint density at radius 2 is 1.62 bits per heavy atom. The van der Waals surface area contributed by atoms with Gasteiger partial charge in [-0.3, -0.25) is 0 Å². The lowest BCUT2D eigenvalue weighted by Crippen LogP contribution is -2.42. The van der Waals surface area contributed by atoms with E-state index in [-0.39, 0.29) is 16.6 Å². The van der Waals surface area contributed by atoms with E-state index in [1.807, 2.05) is 32.6 Å². The zero-order valence-corrected chi connectivity index (χ0v) is 12.8. The van der Waals surface area contributed by atoms with Gasteiger partial charge in [0.15, 0.2) is 5.56 Å². The molecule has 1 atom stereocenters. The minimum atomic E-state index is -0.752. The predicted octanol–water partition coefficient (Wildman–Crippen LogP) is 4.29. The number of rotatable bonds is 4. The lowest BCUT2D eigenvalue weighted by Gasteiger charge is -2.32. The summed E-state index contributed by atoms with van der Waals surface area (Å²) in [5.74, 6) is 0. The van der Waals surface area contributed by atoms with E-state index in [2.05, 4.69) is 0 Å². The molecule has 2 nitrogen and oxygen atoms in total. The fourth-order valence-electron chi connectivity index (χ4n) is 1.31. The summed E-state index contributed by atoms with van der Waals surface area (Å²) in [6.45, 7) is 8.12. The molecular weight excluding hydrogens is 289 g/mol. The molecule has 0 aliphatic carbocycles. The summed E-state index contributed by atoms with van der Waals surface area (Å²) in [7, 11) is 0. The van der Waals surface area contributed by atoms with Crippen molar-refractivity contribution in [2.75, 3.05) is 0 Å². The first-order chi connectivity index (χ1) is 7.25. The highest BCUT2D eigenvalue weighted by atomic mass is 35.5. The van der Waals surface area contributed by atoms with Crippen molar-refractivity contribution in [3.8, 4) is 0 Å². The van der Waals surface area contributed by atoms with Crippen LogP contribution in [0.2, 0.25) is 0 Å². The van der Waals surface area contributed by atoms with Crippen LogP contribution in [0.1, 0.15) is 27.7 Å². The van der Waals surface area contributed by atoms with Gasteiger partial charge in [-0.05, 0) is 39.9 Å². The van der Waals surface area contributed by atoms with Crippen LogP contribution in [0.15, 0.2) is 10.6 Å². The number of halogens is 3. The van der Waals surface area contributed by atoms with Crippen LogP contribution in [0.5, 0.6) is 0 Å². The van der Waals surface area contributed by atoms with Crippen LogP contribution < -0.4 is 0 Å². The number of hydrogen-bond donors (Lipinski definition) is 0. The molecule has 94 valence electrons. The zero-order chi connectivity index (χ0) is 12.9. The lowest BCUT2D eigenvalue weighted by atomic mass is 10.2. The van der Waals surface area contributed by atoms with Gasteiger partial charge in [-0.2, -0.15) is 0 Å². The second-order valence-electron chi connectivity index (χ2n) is 3.79. The molecule has 0 saturated heterocycles. The second kappa shape index (κ2) is 7.59. The van der Waals surface area contributed by atoms with Gasteiger partial charge >= 0.3 is 0 Å². The van der Waals surface area contributed by atoms with E-state index in [0.717, 1.165) is 0 Å². The van der Waals surface area contributed by atoms with Gasteiger partial charge in [-0.1, -0.05) is 34.8 Å². The highest BCUT2D eigenvalue weighted by Gasteiger charge is 2.19. The molecule has 0 N–H and O–H groups in total. The summed E-state index contributed by atoms with van der Waals surface area (Å²) in [5.41, 5.74) is -0.752. The molecule has 0 aromatic rings. The third-order valence-corrected chi connectivity index (χ3v) is 2.57. The molecule has 0 saturated carbocycles. The SMILES string of the molecule is CC(C)N(C(=S)OC(Cl)C=C(Cl)Cl)C(C)C. The first kappa shape index (κ1) is 16.3. The molecule has 0 radical (unpaired) electrons. The van der Waals surface area contributed by atoms with E-state index < -0.39 is 5.56 Å². The fourth-order valence-corrected chi connectivity index (χ4v) is 2.45. The molecule has 0 bridgehead atoms. The Labute approximate surface area is 117 Å². The highest BCUT2D eigenvalue weighted by molar-refractivity contribution is 7.80. The van der Waals surface area contributed by atoms with Gasteiger partial charge in [0, 0.05) is 18.2 Å². The van der Waals surface area contributed by atoms with Gasteiger partial charge in [-0.25, -0.2) is 0 Å². The van der Waals surface area contributed by atoms with Crippen molar-refractivity contribution in [2.24, 2.45) is 0 Å². The van der Waals surface area contributed by atoms with Crippen molar-refractivity contribution in [2.45, 2.75) is 45.3 Å². The molecule has 0 aliphatic heterocycles. The highest BCUT2D eigenvalue weighted by Crippen LogP contribution is 2.15. The van der Waals surface area contributed by atoms with E-state index in [0.29, 0.717) is 5.17 Å². The average Bonchev–Trinajstić information content (AvgIpc) is 1.98. The van der Waals surface area contributed by atoms with Crippen molar-refractivity contribution in [1.29, 1.82) is 0 Å². The largest absolute Gasteiger partial charge is 0.447 e. The Balaban J connectivity index is 4.48. The van der Waals surface area contributed by atoms with E-state index >= 15 is 0 Å². The maximum absolute atomic E-state index is 5.84. The molecule has 0 fully saturated rings.